The molecule has 0 spiro atoms. The van der Waals surface area contributed by atoms with E-state index < -0.39 is 0 Å². The third-order valence-corrected chi connectivity index (χ3v) is 6.55. The average Bonchev–Trinajstić information content (AvgIpc) is 3.08. The number of ether oxygens (including phenoxy) is 2. The Hall–Kier alpha value is -2.51. The van der Waals surface area contributed by atoms with Crippen LogP contribution in [-0.2, 0) is 4.79 Å². The summed E-state index contributed by atoms with van der Waals surface area (Å²) < 4.78 is 12.0. The van der Waals surface area contributed by atoms with Crippen LogP contribution in [-0.4, -0.2) is 23.4 Å². The van der Waals surface area contributed by atoms with Gasteiger partial charge in [0.05, 0.1) is 20.6 Å². The van der Waals surface area contributed by atoms with Gasteiger partial charge in [-0.2, -0.15) is 0 Å². The van der Waals surface area contributed by atoms with Crippen LogP contribution >= 0.6 is 47.2 Å². The van der Waals surface area contributed by atoms with Gasteiger partial charge in [0.1, 0.15) is 24.7 Å². The standard InChI is InChI=1S/C24H17Cl2NO3S2/c25-19-11-10-17(15-20(19)26)27-23(28)22(32-24(27)31)14-16-6-4-5-9-21(16)30-13-12-29-18-7-2-1-3-8-18/h1-11,14-15H,12-13H2/b22-14-. The summed E-state index contributed by atoms with van der Waals surface area (Å²) in [4.78, 5) is 15.0. The first-order valence-corrected chi connectivity index (χ1v) is 11.6. The third kappa shape index (κ3) is 5.27. The van der Waals surface area contributed by atoms with Crippen molar-refractivity contribution < 1.29 is 14.3 Å². The van der Waals surface area contributed by atoms with Crippen LogP contribution in [0.4, 0.5) is 5.69 Å². The molecule has 0 saturated carbocycles. The van der Waals surface area contributed by atoms with Gasteiger partial charge >= 0.3 is 0 Å². The number of thiocarbonyl (C=S) groups is 1. The zero-order valence-electron chi connectivity index (χ0n) is 16.7. The second-order valence-corrected chi connectivity index (χ2v) is 9.15. The highest BCUT2D eigenvalue weighted by Gasteiger charge is 2.33. The largest absolute Gasteiger partial charge is 0.490 e. The highest BCUT2D eigenvalue weighted by atomic mass is 35.5. The highest BCUT2D eigenvalue weighted by Crippen LogP contribution is 2.38. The summed E-state index contributed by atoms with van der Waals surface area (Å²) in [5.74, 6) is 1.22. The van der Waals surface area contributed by atoms with E-state index in [2.05, 4.69) is 0 Å². The van der Waals surface area contributed by atoms with Gasteiger partial charge in [-0.3, -0.25) is 9.69 Å². The number of amides is 1. The van der Waals surface area contributed by atoms with Crippen molar-refractivity contribution in [3.8, 4) is 11.5 Å². The van der Waals surface area contributed by atoms with Gasteiger partial charge in [0, 0.05) is 5.56 Å². The molecule has 8 heteroatoms. The lowest BCUT2D eigenvalue weighted by atomic mass is 10.2. The van der Waals surface area contributed by atoms with Crippen molar-refractivity contribution in [2.24, 2.45) is 0 Å². The first-order chi connectivity index (χ1) is 15.5. The Balaban J connectivity index is 1.47. The molecule has 0 bridgehead atoms. The minimum atomic E-state index is -0.222. The molecule has 4 rings (SSSR count). The third-order valence-electron chi connectivity index (χ3n) is 4.51. The normalized spacial score (nSPS) is 14.8. The Morgan fingerprint density at radius 3 is 2.41 bits per heavy atom. The summed E-state index contributed by atoms with van der Waals surface area (Å²) >= 11 is 18.8. The summed E-state index contributed by atoms with van der Waals surface area (Å²) in [6, 6.07) is 22.0. The molecular weight excluding hydrogens is 485 g/mol. The van der Waals surface area contributed by atoms with Crippen molar-refractivity contribution in [1.29, 1.82) is 0 Å². The number of halogens is 2. The molecule has 0 radical (unpaired) electrons. The quantitative estimate of drug-likeness (QED) is 0.201. The molecule has 4 nitrogen and oxygen atoms in total. The molecule has 3 aromatic rings. The molecular formula is C24H17Cl2NO3S2. The Morgan fingerprint density at radius 2 is 1.62 bits per heavy atom. The fourth-order valence-electron chi connectivity index (χ4n) is 3.01. The van der Waals surface area contributed by atoms with E-state index in [-0.39, 0.29) is 5.91 Å². The maximum atomic E-state index is 13.1. The van der Waals surface area contributed by atoms with E-state index in [0.29, 0.717) is 43.9 Å². The Labute approximate surface area is 205 Å². The number of carbonyl (C=O) groups is 1. The smallest absolute Gasteiger partial charge is 0.270 e. The number of benzene rings is 3. The summed E-state index contributed by atoms with van der Waals surface area (Å²) in [5.41, 5.74) is 1.36. The fourth-order valence-corrected chi connectivity index (χ4v) is 4.60. The number of para-hydroxylation sites is 2. The highest BCUT2D eigenvalue weighted by molar-refractivity contribution is 8.27. The molecule has 3 aromatic carbocycles. The number of anilines is 1. The van der Waals surface area contributed by atoms with E-state index in [4.69, 9.17) is 44.9 Å². The van der Waals surface area contributed by atoms with Gasteiger partial charge in [-0.25, -0.2) is 0 Å². The van der Waals surface area contributed by atoms with Crippen LogP contribution in [0.2, 0.25) is 10.0 Å². The fraction of sp³-hybridized carbons (Fsp3) is 0.0833. The number of thioether (sulfide) groups is 1. The zero-order valence-corrected chi connectivity index (χ0v) is 19.8. The lowest BCUT2D eigenvalue weighted by Crippen LogP contribution is -2.27. The molecule has 32 heavy (non-hydrogen) atoms. The van der Waals surface area contributed by atoms with E-state index in [1.54, 1.807) is 24.3 Å². The lowest BCUT2D eigenvalue weighted by molar-refractivity contribution is -0.113. The van der Waals surface area contributed by atoms with Crippen molar-refractivity contribution in [2.75, 3.05) is 18.1 Å². The number of hydrogen-bond acceptors (Lipinski definition) is 5. The van der Waals surface area contributed by atoms with Crippen molar-refractivity contribution >= 4 is 69.2 Å². The van der Waals surface area contributed by atoms with E-state index in [1.165, 1.54) is 16.7 Å². The van der Waals surface area contributed by atoms with Crippen LogP contribution in [0.1, 0.15) is 5.56 Å². The molecule has 1 aliphatic heterocycles. The number of carbonyl (C=O) groups excluding carboxylic acids is 1. The van der Waals surface area contributed by atoms with Crippen LogP contribution < -0.4 is 14.4 Å². The molecule has 1 saturated heterocycles. The van der Waals surface area contributed by atoms with Gasteiger partial charge in [-0.05, 0) is 42.5 Å². The molecule has 1 heterocycles. The predicted octanol–water partition coefficient (Wildman–Crippen LogP) is 6.86. The van der Waals surface area contributed by atoms with E-state index in [9.17, 15) is 4.79 Å². The predicted molar refractivity (Wildman–Crippen MR) is 136 cm³/mol. The summed E-state index contributed by atoms with van der Waals surface area (Å²) in [6.45, 7) is 0.766. The van der Waals surface area contributed by atoms with Gasteiger partial charge in [0.25, 0.3) is 5.91 Å². The Morgan fingerprint density at radius 1 is 0.906 bits per heavy atom. The van der Waals surface area contributed by atoms with Crippen LogP contribution in [0.15, 0.2) is 77.7 Å². The molecule has 0 atom stereocenters. The first kappa shape index (κ1) is 22.7. The molecule has 0 aromatic heterocycles. The number of rotatable bonds is 7. The van der Waals surface area contributed by atoms with Gasteiger partial charge < -0.3 is 9.47 Å². The second-order valence-electron chi connectivity index (χ2n) is 6.66. The lowest BCUT2D eigenvalue weighted by Gasteiger charge is -2.15. The number of nitrogens with zero attached hydrogens (tertiary/aromatic N) is 1. The summed E-state index contributed by atoms with van der Waals surface area (Å²) in [6.07, 6.45) is 1.78. The van der Waals surface area contributed by atoms with E-state index >= 15 is 0 Å². The van der Waals surface area contributed by atoms with Gasteiger partial charge in [-0.15, -0.1) is 0 Å². The summed E-state index contributed by atoms with van der Waals surface area (Å²) in [5, 5.41) is 0.775. The molecule has 162 valence electrons. The van der Waals surface area contributed by atoms with Crippen LogP contribution in [0.3, 0.4) is 0 Å². The van der Waals surface area contributed by atoms with Gasteiger partial charge in [0.2, 0.25) is 0 Å². The molecule has 0 aliphatic carbocycles. The number of hydrogen-bond donors (Lipinski definition) is 0. The molecule has 1 fully saturated rings. The molecule has 0 unspecified atom stereocenters. The minimum absolute atomic E-state index is 0.222. The van der Waals surface area contributed by atoms with Crippen molar-refractivity contribution in [1.82, 2.24) is 0 Å². The second kappa shape index (κ2) is 10.4. The van der Waals surface area contributed by atoms with Crippen LogP contribution in [0.5, 0.6) is 11.5 Å². The van der Waals surface area contributed by atoms with Crippen molar-refractivity contribution in [3.05, 3.63) is 93.3 Å². The average molecular weight is 502 g/mol. The minimum Gasteiger partial charge on any atom is -0.490 e. The molecule has 1 aliphatic rings. The SMILES string of the molecule is O=C1/C(=C/c2ccccc2OCCOc2ccccc2)SC(=S)N1c1ccc(Cl)c(Cl)c1. The zero-order chi connectivity index (χ0) is 22.5. The van der Waals surface area contributed by atoms with E-state index in [1.807, 2.05) is 54.6 Å². The van der Waals surface area contributed by atoms with Crippen molar-refractivity contribution in [2.45, 2.75) is 0 Å². The summed E-state index contributed by atoms with van der Waals surface area (Å²) in [7, 11) is 0. The Kier molecular flexibility index (Phi) is 7.37. The van der Waals surface area contributed by atoms with Crippen molar-refractivity contribution in [3.63, 3.8) is 0 Å². The van der Waals surface area contributed by atoms with Crippen LogP contribution in [0.25, 0.3) is 6.08 Å². The maximum absolute atomic E-state index is 13.1. The first-order valence-electron chi connectivity index (χ1n) is 9.65. The topological polar surface area (TPSA) is 38.8 Å². The van der Waals surface area contributed by atoms with Gasteiger partial charge in [-0.1, -0.05) is 83.6 Å². The monoisotopic (exact) mass is 501 g/mol. The molecule has 0 N–H and O–H groups in total. The van der Waals surface area contributed by atoms with Gasteiger partial charge in [0.15, 0.2) is 4.32 Å². The van der Waals surface area contributed by atoms with Crippen LogP contribution in [0, 0.1) is 0 Å². The van der Waals surface area contributed by atoms with E-state index in [0.717, 1.165) is 11.3 Å². The maximum Gasteiger partial charge on any atom is 0.270 e. The Bertz CT molecular complexity index is 1180. The molecule has 1 amide bonds.